The molecule has 0 saturated carbocycles. The second kappa shape index (κ2) is 7.67. The van der Waals surface area contributed by atoms with Crippen molar-refractivity contribution in [3.8, 4) is 0 Å². The molecule has 0 bridgehead atoms. The fraction of sp³-hybridized carbons (Fsp3) is 0.312. The van der Waals surface area contributed by atoms with E-state index in [2.05, 4.69) is 10.3 Å². The molecule has 0 saturated heterocycles. The number of pyridine rings is 1. The maximum Gasteiger partial charge on any atom is 0.404 e. The zero-order valence-electron chi connectivity index (χ0n) is 12.4. The molecule has 2 rings (SSSR count). The lowest BCUT2D eigenvalue weighted by atomic mass is 10.0. The first-order valence-electron chi connectivity index (χ1n) is 7.10. The van der Waals surface area contributed by atoms with Crippen molar-refractivity contribution in [3.63, 3.8) is 0 Å². The van der Waals surface area contributed by atoms with E-state index in [1.165, 1.54) is 24.5 Å². The van der Waals surface area contributed by atoms with E-state index >= 15 is 0 Å². The largest absolute Gasteiger partial charge is 0.404 e. The summed E-state index contributed by atoms with van der Waals surface area (Å²) in [6.45, 7) is -0.646. The van der Waals surface area contributed by atoms with Gasteiger partial charge >= 0.3 is 6.18 Å². The smallest absolute Gasteiger partial charge is 0.387 e. The molecule has 2 atom stereocenters. The molecule has 24 heavy (non-hydrogen) atoms. The average molecular weight is 346 g/mol. The lowest BCUT2D eigenvalue weighted by Crippen LogP contribution is -2.45. The summed E-state index contributed by atoms with van der Waals surface area (Å²) < 4.78 is 66.4. The van der Waals surface area contributed by atoms with Gasteiger partial charge in [-0.3, -0.25) is 4.98 Å². The Kier molecular flexibility index (Phi) is 5.84. The molecule has 0 aliphatic carbocycles. The lowest BCUT2D eigenvalue weighted by Gasteiger charge is -2.23. The summed E-state index contributed by atoms with van der Waals surface area (Å²) in [6, 6.07) is 3.88. The molecule has 1 heterocycles. The van der Waals surface area contributed by atoms with Gasteiger partial charge in [0.05, 0.1) is 11.7 Å². The molecule has 0 amide bonds. The highest BCUT2D eigenvalue weighted by Crippen LogP contribution is 2.25. The predicted octanol–water partition coefficient (Wildman–Crippen LogP) is 3.16. The monoisotopic (exact) mass is 346 g/mol. The Balaban J connectivity index is 2.08. The van der Waals surface area contributed by atoms with Crippen molar-refractivity contribution in [2.45, 2.75) is 24.7 Å². The third kappa shape index (κ3) is 4.72. The predicted molar refractivity (Wildman–Crippen MR) is 77.1 cm³/mol. The highest BCUT2D eigenvalue weighted by atomic mass is 19.4. The molecule has 2 aromatic rings. The van der Waals surface area contributed by atoms with Crippen LogP contribution in [0.15, 0.2) is 42.7 Å². The van der Waals surface area contributed by atoms with Gasteiger partial charge < -0.3 is 10.4 Å². The molecule has 0 aliphatic heterocycles. The standard InChI is InChI=1S/C16H15F5N2O/c17-11-2-1-3-12(18)15(11)13(24)9-23-14(16(19,20)21)8-10-4-6-22-7-5-10/h1-7,13-14,23-24H,8-9H2. The van der Waals surface area contributed by atoms with Crippen LogP contribution in [0.3, 0.4) is 0 Å². The van der Waals surface area contributed by atoms with Crippen LogP contribution in [0, 0.1) is 11.6 Å². The Morgan fingerprint density at radius 1 is 1.04 bits per heavy atom. The van der Waals surface area contributed by atoms with E-state index in [4.69, 9.17) is 0 Å². The second-order valence-electron chi connectivity index (χ2n) is 5.21. The Labute approximate surface area is 135 Å². The molecule has 1 aromatic carbocycles. The molecule has 1 aromatic heterocycles. The number of aliphatic hydroxyl groups excluding tert-OH is 1. The van der Waals surface area contributed by atoms with Crippen LogP contribution in [-0.4, -0.2) is 28.9 Å². The summed E-state index contributed by atoms with van der Waals surface area (Å²) in [5.41, 5.74) is -0.263. The normalized spacial score (nSPS) is 14.4. The number of hydrogen-bond donors (Lipinski definition) is 2. The number of rotatable bonds is 6. The molecule has 2 unspecified atom stereocenters. The molecule has 3 nitrogen and oxygen atoms in total. The topological polar surface area (TPSA) is 45.1 Å². The first-order valence-corrected chi connectivity index (χ1v) is 7.10. The Hall–Kier alpha value is -2.06. The van der Waals surface area contributed by atoms with E-state index < -0.39 is 48.5 Å². The van der Waals surface area contributed by atoms with Crippen molar-refractivity contribution in [2.75, 3.05) is 6.54 Å². The van der Waals surface area contributed by atoms with Crippen LogP contribution in [0.4, 0.5) is 22.0 Å². The summed E-state index contributed by atoms with van der Waals surface area (Å²) in [6.07, 6.45) is -3.98. The quantitative estimate of drug-likeness (QED) is 0.790. The first kappa shape index (κ1) is 18.3. The molecule has 0 spiro atoms. The highest BCUT2D eigenvalue weighted by molar-refractivity contribution is 5.22. The molecule has 2 N–H and O–H groups in total. The van der Waals surface area contributed by atoms with E-state index in [1.807, 2.05) is 0 Å². The summed E-state index contributed by atoms with van der Waals surface area (Å²) in [4.78, 5) is 3.72. The summed E-state index contributed by atoms with van der Waals surface area (Å²) in [7, 11) is 0. The van der Waals surface area contributed by atoms with Gasteiger partial charge in [0, 0.05) is 18.9 Å². The van der Waals surface area contributed by atoms with Crippen molar-refractivity contribution in [3.05, 3.63) is 65.5 Å². The van der Waals surface area contributed by atoms with Crippen molar-refractivity contribution in [1.82, 2.24) is 10.3 Å². The Bertz CT molecular complexity index is 643. The van der Waals surface area contributed by atoms with Crippen LogP contribution in [0.2, 0.25) is 0 Å². The number of aliphatic hydroxyl groups is 1. The van der Waals surface area contributed by atoms with Crippen LogP contribution >= 0.6 is 0 Å². The summed E-state index contributed by atoms with van der Waals surface area (Å²) >= 11 is 0. The minimum absolute atomic E-state index is 0.390. The first-order chi connectivity index (χ1) is 11.3. The van der Waals surface area contributed by atoms with Gasteiger partial charge in [0.15, 0.2) is 0 Å². The Morgan fingerprint density at radius 3 is 2.17 bits per heavy atom. The third-order valence-electron chi connectivity index (χ3n) is 3.47. The molecular formula is C16H15F5N2O. The number of alkyl halides is 3. The van der Waals surface area contributed by atoms with Crippen LogP contribution in [-0.2, 0) is 6.42 Å². The van der Waals surface area contributed by atoms with Gasteiger partial charge in [-0.25, -0.2) is 8.78 Å². The van der Waals surface area contributed by atoms with Gasteiger partial charge in [-0.05, 0) is 36.2 Å². The SMILES string of the molecule is OC(CNC(Cc1ccncc1)C(F)(F)F)c1c(F)cccc1F. The number of hydrogen-bond acceptors (Lipinski definition) is 3. The van der Waals surface area contributed by atoms with E-state index in [0.29, 0.717) is 5.56 Å². The van der Waals surface area contributed by atoms with Crippen LogP contribution in [0.25, 0.3) is 0 Å². The van der Waals surface area contributed by atoms with E-state index in [0.717, 1.165) is 18.2 Å². The molecule has 0 aliphatic rings. The van der Waals surface area contributed by atoms with Gasteiger partial charge in [-0.2, -0.15) is 13.2 Å². The number of nitrogens with one attached hydrogen (secondary N) is 1. The van der Waals surface area contributed by atoms with Crippen molar-refractivity contribution >= 4 is 0 Å². The summed E-state index contributed by atoms with van der Waals surface area (Å²) in [5.74, 6) is -2.02. The zero-order chi connectivity index (χ0) is 17.7. The number of aromatic nitrogens is 1. The summed E-state index contributed by atoms with van der Waals surface area (Å²) in [5, 5.41) is 12.0. The number of halogens is 5. The fourth-order valence-electron chi connectivity index (χ4n) is 2.24. The zero-order valence-corrected chi connectivity index (χ0v) is 12.4. The maximum atomic E-state index is 13.5. The minimum atomic E-state index is -4.59. The molecule has 130 valence electrons. The highest BCUT2D eigenvalue weighted by Gasteiger charge is 2.39. The Morgan fingerprint density at radius 2 is 1.62 bits per heavy atom. The lowest BCUT2D eigenvalue weighted by molar-refractivity contribution is -0.156. The number of benzene rings is 1. The minimum Gasteiger partial charge on any atom is -0.387 e. The molecule has 8 heteroatoms. The van der Waals surface area contributed by atoms with Crippen LogP contribution in [0.5, 0.6) is 0 Å². The second-order valence-corrected chi connectivity index (χ2v) is 5.21. The third-order valence-corrected chi connectivity index (χ3v) is 3.47. The molecule has 0 fully saturated rings. The molecule has 0 radical (unpaired) electrons. The van der Waals surface area contributed by atoms with E-state index in [1.54, 1.807) is 0 Å². The number of nitrogens with zero attached hydrogens (tertiary/aromatic N) is 1. The fourth-order valence-corrected chi connectivity index (χ4v) is 2.24. The van der Waals surface area contributed by atoms with Crippen molar-refractivity contribution < 1.29 is 27.1 Å². The van der Waals surface area contributed by atoms with Crippen molar-refractivity contribution in [2.24, 2.45) is 0 Å². The van der Waals surface area contributed by atoms with E-state index in [9.17, 15) is 27.1 Å². The van der Waals surface area contributed by atoms with Crippen molar-refractivity contribution in [1.29, 1.82) is 0 Å². The van der Waals surface area contributed by atoms with Gasteiger partial charge in [0.2, 0.25) is 0 Å². The van der Waals surface area contributed by atoms with Gasteiger partial charge in [0.25, 0.3) is 0 Å². The van der Waals surface area contributed by atoms with Crippen LogP contribution in [0.1, 0.15) is 17.2 Å². The van der Waals surface area contributed by atoms with Crippen LogP contribution < -0.4 is 5.32 Å². The average Bonchev–Trinajstić information content (AvgIpc) is 2.51. The van der Waals surface area contributed by atoms with Gasteiger partial charge in [0.1, 0.15) is 17.7 Å². The maximum absolute atomic E-state index is 13.5. The molecular weight excluding hydrogens is 331 g/mol. The van der Waals surface area contributed by atoms with Gasteiger partial charge in [-0.1, -0.05) is 6.07 Å². The van der Waals surface area contributed by atoms with E-state index in [-0.39, 0.29) is 0 Å². The van der Waals surface area contributed by atoms with Gasteiger partial charge in [-0.15, -0.1) is 0 Å².